The van der Waals surface area contributed by atoms with E-state index in [0.29, 0.717) is 0 Å². The van der Waals surface area contributed by atoms with Crippen molar-refractivity contribution >= 4 is 17.0 Å². The van der Waals surface area contributed by atoms with Crippen molar-refractivity contribution in [3.63, 3.8) is 0 Å². The molecule has 0 saturated heterocycles. The summed E-state index contributed by atoms with van der Waals surface area (Å²) >= 11 is 0. The van der Waals surface area contributed by atoms with Crippen LogP contribution in [0.1, 0.15) is 19.2 Å². The molecular formula is C16H25N5O. The van der Waals surface area contributed by atoms with Crippen LogP contribution in [0.15, 0.2) is 29.3 Å². The molecule has 0 saturated carbocycles. The van der Waals surface area contributed by atoms with Crippen LogP contribution in [-0.4, -0.2) is 49.3 Å². The van der Waals surface area contributed by atoms with Crippen molar-refractivity contribution in [2.75, 3.05) is 33.4 Å². The number of nitrogens with zero attached hydrogens (tertiary/aromatic N) is 2. The maximum atomic E-state index is 5.30. The van der Waals surface area contributed by atoms with Gasteiger partial charge in [-0.05, 0) is 25.5 Å². The van der Waals surface area contributed by atoms with E-state index in [-0.39, 0.29) is 0 Å². The summed E-state index contributed by atoms with van der Waals surface area (Å²) in [5, 5.41) is 6.56. The number of para-hydroxylation sites is 2. The van der Waals surface area contributed by atoms with Gasteiger partial charge in [-0.1, -0.05) is 12.1 Å². The maximum absolute atomic E-state index is 5.30. The third-order valence-corrected chi connectivity index (χ3v) is 3.28. The van der Waals surface area contributed by atoms with Gasteiger partial charge in [0.25, 0.3) is 0 Å². The fourth-order valence-corrected chi connectivity index (χ4v) is 2.17. The molecule has 0 amide bonds. The highest BCUT2D eigenvalue weighted by molar-refractivity contribution is 5.79. The van der Waals surface area contributed by atoms with E-state index in [1.807, 2.05) is 31.2 Å². The van der Waals surface area contributed by atoms with Crippen LogP contribution in [0.4, 0.5) is 0 Å². The molecule has 0 bridgehead atoms. The second kappa shape index (κ2) is 9.04. The Kier molecular flexibility index (Phi) is 6.70. The third-order valence-electron chi connectivity index (χ3n) is 3.28. The van der Waals surface area contributed by atoms with Gasteiger partial charge in [-0.15, -0.1) is 0 Å². The smallest absolute Gasteiger partial charge is 0.190 e. The zero-order chi connectivity index (χ0) is 15.6. The number of hydrogen-bond acceptors (Lipinski definition) is 3. The third kappa shape index (κ3) is 5.04. The van der Waals surface area contributed by atoms with Crippen LogP contribution < -0.4 is 10.6 Å². The van der Waals surface area contributed by atoms with Crippen LogP contribution in [0.2, 0.25) is 0 Å². The minimum Gasteiger partial charge on any atom is -0.382 e. The van der Waals surface area contributed by atoms with Crippen LogP contribution in [0.5, 0.6) is 0 Å². The van der Waals surface area contributed by atoms with Gasteiger partial charge in [0.2, 0.25) is 0 Å². The highest BCUT2D eigenvalue weighted by atomic mass is 16.5. The predicted molar refractivity (Wildman–Crippen MR) is 90.3 cm³/mol. The van der Waals surface area contributed by atoms with Crippen molar-refractivity contribution in [3.8, 4) is 0 Å². The highest BCUT2D eigenvalue weighted by Crippen LogP contribution is 2.10. The second-order valence-electron chi connectivity index (χ2n) is 4.93. The van der Waals surface area contributed by atoms with Gasteiger partial charge in [0.05, 0.1) is 11.0 Å². The molecule has 120 valence electrons. The molecule has 0 aliphatic carbocycles. The number of benzene rings is 1. The van der Waals surface area contributed by atoms with Crippen molar-refractivity contribution in [1.82, 2.24) is 20.6 Å². The molecule has 2 rings (SSSR count). The maximum Gasteiger partial charge on any atom is 0.190 e. The number of H-pyrrole nitrogens is 1. The fraction of sp³-hybridized carbons (Fsp3) is 0.500. The van der Waals surface area contributed by atoms with E-state index in [0.717, 1.165) is 62.0 Å². The molecule has 0 unspecified atom stereocenters. The molecule has 0 radical (unpaired) electrons. The van der Waals surface area contributed by atoms with Gasteiger partial charge >= 0.3 is 0 Å². The Labute approximate surface area is 131 Å². The van der Waals surface area contributed by atoms with Crippen molar-refractivity contribution in [2.45, 2.75) is 19.8 Å². The van der Waals surface area contributed by atoms with Crippen LogP contribution in [0, 0.1) is 0 Å². The normalized spacial score (nSPS) is 11.8. The number of ether oxygens (including phenoxy) is 1. The van der Waals surface area contributed by atoms with E-state index < -0.39 is 0 Å². The molecule has 0 fully saturated rings. The molecule has 1 heterocycles. The van der Waals surface area contributed by atoms with Gasteiger partial charge in [-0.3, -0.25) is 4.99 Å². The van der Waals surface area contributed by atoms with Crippen molar-refractivity contribution in [2.24, 2.45) is 4.99 Å². The van der Waals surface area contributed by atoms with Crippen molar-refractivity contribution in [3.05, 3.63) is 30.1 Å². The van der Waals surface area contributed by atoms with E-state index in [1.165, 1.54) is 0 Å². The Bertz CT molecular complexity index is 560. The first-order valence-electron chi connectivity index (χ1n) is 7.79. The zero-order valence-corrected chi connectivity index (χ0v) is 13.4. The van der Waals surface area contributed by atoms with Gasteiger partial charge < -0.3 is 20.4 Å². The average molecular weight is 303 g/mol. The van der Waals surface area contributed by atoms with Gasteiger partial charge in [0, 0.05) is 39.8 Å². The van der Waals surface area contributed by atoms with Crippen molar-refractivity contribution in [1.29, 1.82) is 0 Å². The van der Waals surface area contributed by atoms with Crippen molar-refractivity contribution < 1.29 is 4.74 Å². The fourth-order valence-electron chi connectivity index (χ4n) is 2.17. The van der Waals surface area contributed by atoms with Gasteiger partial charge in [0.1, 0.15) is 5.82 Å². The summed E-state index contributed by atoms with van der Waals surface area (Å²) in [6.45, 7) is 5.19. The largest absolute Gasteiger partial charge is 0.382 e. The summed E-state index contributed by atoms with van der Waals surface area (Å²) in [7, 11) is 1.78. The van der Waals surface area contributed by atoms with Gasteiger partial charge in [-0.2, -0.15) is 0 Å². The van der Waals surface area contributed by atoms with Crippen LogP contribution in [-0.2, 0) is 11.2 Å². The molecule has 6 heteroatoms. The summed E-state index contributed by atoms with van der Waals surface area (Å²) < 4.78 is 5.30. The SMILES string of the molecule is CCOCCCNC(=NC)NCCc1nc2ccccc2[nH]1. The van der Waals surface area contributed by atoms with Crippen LogP contribution >= 0.6 is 0 Å². The van der Waals surface area contributed by atoms with E-state index in [1.54, 1.807) is 7.05 Å². The summed E-state index contributed by atoms with van der Waals surface area (Å²) in [5.41, 5.74) is 2.09. The molecule has 2 aromatic rings. The summed E-state index contributed by atoms with van der Waals surface area (Å²) in [4.78, 5) is 12.1. The first kappa shape index (κ1) is 16.3. The Morgan fingerprint density at radius 3 is 2.86 bits per heavy atom. The Balaban J connectivity index is 1.69. The van der Waals surface area contributed by atoms with Gasteiger partial charge in [0.15, 0.2) is 5.96 Å². The molecule has 3 N–H and O–H groups in total. The molecule has 0 spiro atoms. The molecule has 0 aliphatic rings. The quantitative estimate of drug-likeness (QED) is 0.394. The number of hydrogen-bond donors (Lipinski definition) is 3. The molecule has 1 aromatic heterocycles. The Hall–Kier alpha value is -2.08. The van der Waals surface area contributed by atoms with E-state index in [4.69, 9.17) is 4.74 Å². The van der Waals surface area contributed by atoms with E-state index in [2.05, 4.69) is 25.6 Å². The number of guanidine groups is 1. The minimum absolute atomic E-state index is 0.768. The molecular weight excluding hydrogens is 278 g/mol. The standard InChI is InChI=1S/C16H25N5O/c1-3-22-12-6-10-18-16(17-2)19-11-9-15-20-13-7-4-5-8-14(13)21-15/h4-5,7-8H,3,6,9-12H2,1-2H3,(H,20,21)(H2,17,18,19). The molecule has 22 heavy (non-hydrogen) atoms. The number of imidazole rings is 1. The number of aromatic nitrogens is 2. The zero-order valence-electron chi connectivity index (χ0n) is 13.4. The molecule has 0 aliphatic heterocycles. The lowest BCUT2D eigenvalue weighted by molar-refractivity contribution is 0.145. The molecule has 6 nitrogen and oxygen atoms in total. The van der Waals surface area contributed by atoms with Crippen LogP contribution in [0.3, 0.4) is 0 Å². The monoisotopic (exact) mass is 303 g/mol. The second-order valence-corrected chi connectivity index (χ2v) is 4.93. The number of rotatable bonds is 8. The topological polar surface area (TPSA) is 74.3 Å². The Morgan fingerprint density at radius 2 is 2.09 bits per heavy atom. The first-order chi connectivity index (χ1) is 10.8. The molecule has 0 atom stereocenters. The van der Waals surface area contributed by atoms with Gasteiger partial charge in [-0.25, -0.2) is 4.98 Å². The molecule has 1 aromatic carbocycles. The first-order valence-corrected chi connectivity index (χ1v) is 7.79. The predicted octanol–water partition coefficient (Wildman–Crippen LogP) is 1.70. The summed E-state index contributed by atoms with van der Waals surface area (Å²) in [6, 6.07) is 8.07. The lowest BCUT2D eigenvalue weighted by Crippen LogP contribution is -2.39. The van der Waals surface area contributed by atoms with Crippen LogP contribution in [0.25, 0.3) is 11.0 Å². The number of aliphatic imine (C=N–C) groups is 1. The number of aromatic amines is 1. The Morgan fingerprint density at radius 1 is 1.27 bits per heavy atom. The van der Waals surface area contributed by atoms with E-state index in [9.17, 15) is 0 Å². The lowest BCUT2D eigenvalue weighted by Gasteiger charge is -2.11. The minimum atomic E-state index is 0.768. The summed E-state index contributed by atoms with van der Waals surface area (Å²) in [5.74, 6) is 1.80. The summed E-state index contributed by atoms with van der Waals surface area (Å²) in [6.07, 6.45) is 1.80. The number of fused-ring (bicyclic) bond motifs is 1. The lowest BCUT2D eigenvalue weighted by atomic mass is 10.3. The number of nitrogens with one attached hydrogen (secondary N) is 3. The van der Waals surface area contributed by atoms with E-state index >= 15 is 0 Å². The average Bonchev–Trinajstić information content (AvgIpc) is 2.95. The highest BCUT2D eigenvalue weighted by Gasteiger charge is 2.02.